The number of nitrogens with two attached hydrogens (primary N) is 1. The largest absolute Gasteiger partial charge is 0.370 e. The van der Waals surface area contributed by atoms with Crippen LogP contribution >= 0.6 is 0 Å². The number of carbonyl (C=O) groups is 2. The average molecular weight is 187 g/mol. The zero-order valence-corrected chi connectivity index (χ0v) is 8.09. The van der Waals surface area contributed by atoms with Gasteiger partial charge in [-0.05, 0) is 13.8 Å². The van der Waals surface area contributed by atoms with Gasteiger partial charge in [-0.15, -0.1) is 0 Å². The van der Waals surface area contributed by atoms with Gasteiger partial charge in [-0.2, -0.15) is 0 Å². The van der Waals surface area contributed by atoms with Crippen molar-refractivity contribution in [3.63, 3.8) is 0 Å². The van der Waals surface area contributed by atoms with Crippen LogP contribution < -0.4 is 16.4 Å². The summed E-state index contributed by atoms with van der Waals surface area (Å²) in [6.07, 6.45) is 0.249. The van der Waals surface area contributed by atoms with Crippen molar-refractivity contribution in [2.24, 2.45) is 5.73 Å². The van der Waals surface area contributed by atoms with E-state index in [4.69, 9.17) is 5.73 Å². The minimum absolute atomic E-state index is 0.0555. The van der Waals surface area contributed by atoms with E-state index in [1.807, 2.05) is 13.8 Å². The fourth-order valence-electron chi connectivity index (χ4n) is 0.901. The molecule has 0 spiro atoms. The number of hydrogen-bond donors (Lipinski definition) is 3. The summed E-state index contributed by atoms with van der Waals surface area (Å²) in [6.45, 7) is 4.50. The van der Waals surface area contributed by atoms with Gasteiger partial charge in [0.25, 0.3) is 0 Å². The number of amides is 2. The molecule has 1 atom stereocenters. The molecule has 0 aliphatic carbocycles. The van der Waals surface area contributed by atoms with Crippen molar-refractivity contribution in [3.8, 4) is 0 Å². The van der Waals surface area contributed by atoms with E-state index in [1.165, 1.54) is 0 Å². The Morgan fingerprint density at radius 3 is 2.54 bits per heavy atom. The summed E-state index contributed by atoms with van der Waals surface area (Å²) in [5, 5.41) is 5.52. The van der Waals surface area contributed by atoms with Crippen LogP contribution in [-0.4, -0.2) is 30.9 Å². The van der Waals surface area contributed by atoms with Crippen LogP contribution in [0, 0.1) is 0 Å². The van der Waals surface area contributed by atoms with Crippen LogP contribution in [0.25, 0.3) is 0 Å². The van der Waals surface area contributed by atoms with Gasteiger partial charge in [-0.3, -0.25) is 9.59 Å². The summed E-state index contributed by atoms with van der Waals surface area (Å²) in [5.74, 6) is -0.435. The molecule has 0 aromatic carbocycles. The van der Waals surface area contributed by atoms with Gasteiger partial charge in [0.2, 0.25) is 11.8 Å². The summed E-state index contributed by atoms with van der Waals surface area (Å²) in [7, 11) is 0. The first-order chi connectivity index (χ1) is 6.06. The van der Waals surface area contributed by atoms with Crippen molar-refractivity contribution in [1.82, 2.24) is 10.6 Å². The van der Waals surface area contributed by atoms with Crippen LogP contribution in [0.15, 0.2) is 0 Å². The van der Waals surface area contributed by atoms with Crippen molar-refractivity contribution in [2.75, 3.05) is 13.1 Å². The van der Waals surface area contributed by atoms with Gasteiger partial charge < -0.3 is 16.4 Å². The lowest BCUT2D eigenvalue weighted by Crippen LogP contribution is -2.39. The lowest BCUT2D eigenvalue weighted by molar-refractivity contribution is -0.121. The Morgan fingerprint density at radius 1 is 1.46 bits per heavy atom. The second kappa shape index (κ2) is 6.42. The average Bonchev–Trinajstić information content (AvgIpc) is 2.00. The van der Waals surface area contributed by atoms with Crippen LogP contribution in [0.1, 0.15) is 20.3 Å². The predicted molar refractivity (Wildman–Crippen MR) is 50.0 cm³/mol. The molecule has 2 amide bonds. The summed E-state index contributed by atoms with van der Waals surface area (Å²) in [5.41, 5.74) is 4.98. The van der Waals surface area contributed by atoms with Crippen LogP contribution in [0.4, 0.5) is 0 Å². The van der Waals surface area contributed by atoms with Crippen LogP contribution in [0.2, 0.25) is 0 Å². The summed E-state index contributed by atoms with van der Waals surface area (Å²) in [4.78, 5) is 21.4. The third-order valence-corrected chi connectivity index (χ3v) is 1.49. The van der Waals surface area contributed by atoms with E-state index in [9.17, 15) is 9.59 Å². The van der Waals surface area contributed by atoms with Crippen molar-refractivity contribution in [1.29, 1.82) is 0 Å². The molecule has 0 fully saturated rings. The highest BCUT2D eigenvalue weighted by Gasteiger charge is 2.06. The molecule has 0 heterocycles. The van der Waals surface area contributed by atoms with Gasteiger partial charge in [-0.1, -0.05) is 0 Å². The molecule has 0 aromatic rings. The number of hydrogen-bond acceptors (Lipinski definition) is 3. The molecule has 13 heavy (non-hydrogen) atoms. The van der Waals surface area contributed by atoms with Crippen molar-refractivity contribution >= 4 is 11.8 Å². The second-order valence-corrected chi connectivity index (χ2v) is 2.91. The van der Waals surface area contributed by atoms with E-state index < -0.39 is 0 Å². The SMILES string of the molecule is CCNC(=O)CNC(C)CC(N)=O. The molecule has 5 nitrogen and oxygen atoms in total. The number of carbonyl (C=O) groups excluding carboxylic acids is 2. The van der Waals surface area contributed by atoms with E-state index in [-0.39, 0.29) is 30.8 Å². The Morgan fingerprint density at radius 2 is 2.08 bits per heavy atom. The van der Waals surface area contributed by atoms with Crippen LogP contribution in [0.5, 0.6) is 0 Å². The van der Waals surface area contributed by atoms with E-state index in [1.54, 1.807) is 0 Å². The Bertz CT molecular complexity index is 182. The van der Waals surface area contributed by atoms with Crippen molar-refractivity contribution in [2.45, 2.75) is 26.3 Å². The highest BCUT2D eigenvalue weighted by atomic mass is 16.2. The van der Waals surface area contributed by atoms with Gasteiger partial charge in [0.05, 0.1) is 6.54 Å². The van der Waals surface area contributed by atoms with Crippen molar-refractivity contribution < 1.29 is 9.59 Å². The normalized spacial score (nSPS) is 12.2. The first kappa shape index (κ1) is 11.9. The molecule has 1 unspecified atom stereocenters. The molecule has 0 saturated heterocycles. The molecule has 0 aliphatic rings. The van der Waals surface area contributed by atoms with E-state index >= 15 is 0 Å². The molecular weight excluding hydrogens is 170 g/mol. The molecular formula is C8H17N3O2. The highest BCUT2D eigenvalue weighted by Crippen LogP contribution is 1.87. The van der Waals surface area contributed by atoms with Crippen LogP contribution in [0.3, 0.4) is 0 Å². The minimum atomic E-state index is -0.365. The minimum Gasteiger partial charge on any atom is -0.370 e. The Kier molecular flexibility index (Phi) is 5.88. The molecule has 4 N–H and O–H groups in total. The van der Waals surface area contributed by atoms with Gasteiger partial charge in [0, 0.05) is 19.0 Å². The third-order valence-electron chi connectivity index (χ3n) is 1.49. The number of primary amides is 1. The third kappa shape index (κ3) is 7.27. The molecule has 0 radical (unpaired) electrons. The molecule has 76 valence electrons. The quantitative estimate of drug-likeness (QED) is 0.497. The second-order valence-electron chi connectivity index (χ2n) is 2.91. The van der Waals surface area contributed by atoms with Gasteiger partial charge >= 0.3 is 0 Å². The topological polar surface area (TPSA) is 84.2 Å². The zero-order chi connectivity index (χ0) is 10.3. The van der Waals surface area contributed by atoms with Gasteiger partial charge in [-0.25, -0.2) is 0 Å². The lowest BCUT2D eigenvalue weighted by atomic mass is 10.2. The fraction of sp³-hybridized carbons (Fsp3) is 0.750. The van der Waals surface area contributed by atoms with Gasteiger partial charge in [0.1, 0.15) is 0 Å². The Balaban J connectivity index is 3.51. The molecule has 0 bridgehead atoms. The molecule has 5 heteroatoms. The standard InChI is InChI=1S/C8H17N3O2/c1-3-10-8(13)5-11-6(2)4-7(9)12/h6,11H,3-5H2,1-2H3,(H2,9,12)(H,10,13). The molecule has 0 saturated carbocycles. The lowest BCUT2D eigenvalue weighted by Gasteiger charge is -2.10. The number of rotatable bonds is 6. The van der Waals surface area contributed by atoms with E-state index in [0.717, 1.165) is 0 Å². The highest BCUT2D eigenvalue weighted by molar-refractivity contribution is 5.78. The first-order valence-electron chi connectivity index (χ1n) is 4.34. The van der Waals surface area contributed by atoms with E-state index in [0.29, 0.717) is 6.54 Å². The Labute approximate surface area is 78.1 Å². The summed E-state index contributed by atoms with van der Waals surface area (Å²) < 4.78 is 0. The molecule has 0 rings (SSSR count). The smallest absolute Gasteiger partial charge is 0.233 e. The first-order valence-corrected chi connectivity index (χ1v) is 4.34. The maximum absolute atomic E-state index is 10.9. The number of likely N-dealkylation sites (N-methyl/N-ethyl adjacent to an activating group) is 1. The fourth-order valence-corrected chi connectivity index (χ4v) is 0.901. The van der Waals surface area contributed by atoms with Gasteiger partial charge in [0.15, 0.2) is 0 Å². The molecule has 0 aromatic heterocycles. The zero-order valence-electron chi connectivity index (χ0n) is 8.09. The van der Waals surface area contributed by atoms with E-state index in [2.05, 4.69) is 10.6 Å². The number of nitrogens with one attached hydrogen (secondary N) is 2. The Hall–Kier alpha value is -1.10. The summed E-state index contributed by atoms with van der Waals surface area (Å²) >= 11 is 0. The monoisotopic (exact) mass is 187 g/mol. The molecule has 0 aliphatic heterocycles. The predicted octanol–water partition coefficient (Wildman–Crippen LogP) is -1.02. The summed E-state index contributed by atoms with van der Waals surface area (Å²) in [6, 6.07) is -0.0555. The van der Waals surface area contributed by atoms with Crippen molar-refractivity contribution in [3.05, 3.63) is 0 Å². The van der Waals surface area contributed by atoms with Crippen LogP contribution in [-0.2, 0) is 9.59 Å². The maximum atomic E-state index is 10.9. The maximum Gasteiger partial charge on any atom is 0.233 e.